The summed E-state index contributed by atoms with van der Waals surface area (Å²) >= 11 is 0. The van der Waals surface area contributed by atoms with Gasteiger partial charge in [-0.3, -0.25) is 13.9 Å². The largest absolute Gasteiger partial charge is 0.366 e. The normalized spacial score (nSPS) is 11.1. The maximum Gasteiger partial charge on any atom is 0.264 e. The van der Waals surface area contributed by atoms with Gasteiger partial charge in [0.2, 0.25) is 0 Å². The van der Waals surface area contributed by atoms with Crippen molar-refractivity contribution in [1.82, 2.24) is 0 Å². The van der Waals surface area contributed by atoms with Gasteiger partial charge in [-0.05, 0) is 36.4 Å². The Kier molecular flexibility index (Phi) is 6.02. The molecule has 0 saturated heterocycles. The van der Waals surface area contributed by atoms with Gasteiger partial charge < -0.3 is 11.1 Å². The van der Waals surface area contributed by atoms with Crippen molar-refractivity contribution in [3.8, 4) is 0 Å². The van der Waals surface area contributed by atoms with E-state index in [0.717, 1.165) is 16.4 Å². The summed E-state index contributed by atoms with van der Waals surface area (Å²) in [5, 5.41) is 2.19. The Bertz CT molecular complexity index is 1260. The molecular formula is C21H17F2N3O4S. The molecule has 0 heterocycles. The van der Waals surface area contributed by atoms with Gasteiger partial charge in [-0.25, -0.2) is 17.2 Å². The number of primary amides is 1. The number of hydrogen-bond acceptors (Lipinski definition) is 4. The maximum atomic E-state index is 14.0. The fourth-order valence-electron chi connectivity index (χ4n) is 2.76. The molecule has 3 aromatic rings. The molecule has 3 rings (SSSR count). The lowest BCUT2D eigenvalue weighted by Crippen LogP contribution is -2.26. The number of nitrogens with zero attached hydrogens (tertiary/aromatic N) is 1. The molecule has 0 atom stereocenters. The molecule has 3 N–H and O–H groups in total. The Labute approximate surface area is 177 Å². The van der Waals surface area contributed by atoms with Crippen LogP contribution in [0.4, 0.5) is 20.2 Å². The first kappa shape index (κ1) is 21.9. The molecule has 3 aromatic carbocycles. The topological polar surface area (TPSA) is 110 Å². The molecular weight excluding hydrogens is 428 g/mol. The zero-order valence-electron chi connectivity index (χ0n) is 16.2. The Morgan fingerprint density at radius 1 is 0.935 bits per heavy atom. The van der Waals surface area contributed by atoms with E-state index in [-0.39, 0.29) is 10.5 Å². The van der Waals surface area contributed by atoms with E-state index in [2.05, 4.69) is 5.32 Å². The first-order valence-electron chi connectivity index (χ1n) is 8.85. The predicted octanol–water partition coefficient (Wildman–Crippen LogP) is 3.14. The minimum Gasteiger partial charge on any atom is -0.366 e. The van der Waals surface area contributed by atoms with Gasteiger partial charge >= 0.3 is 0 Å². The molecule has 0 spiro atoms. The van der Waals surface area contributed by atoms with E-state index < -0.39 is 44.7 Å². The number of para-hydroxylation sites is 1. The molecule has 2 amide bonds. The average Bonchev–Trinajstić information content (AvgIpc) is 2.75. The minimum absolute atomic E-state index is 0.0908. The smallest absolute Gasteiger partial charge is 0.264 e. The Morgan fingerprint density at radius 2 is 1.61 bits per heavy atom. The number of rotatable bonds is 6. The number of nitrogens with one attached hydrogen (secondary N) is 1. The number of sulfonamides is 1. The van der Waals surface area contributed by atoms with Crippen LogP contribution in [-0.4, -0.2) is 27.3 Å². The summed E-state index contributed by atoms with van der Waals surface area (Å²) in [7, 11) is -2.61. The molecule has 0 bridgehead atoms. The highest BCUT2D eigenvalue weighted by Crippen LogP contribution is 2.24. The monoisotopic (exact) mass is 445 g/mol. The van der Waals surface area contributed by atoms with Crippen LogP contribution in [0.15, 0.2) is 71.6 Å². The molecule has 7 nitrogen and oxygen atoms in total. The molecule has 0 radical (unpaired) electrons. The fourth-order valence-corrected chi connectivity index (χ4v) is 4.00. The molecule has 0 aliphatic rings. The van der Waals surface area contributed by atoms with Crippen molar-refractivity contribution in [2.45, 2.75) is 4.90 Å². The van der Waals surface area contributed by atoms with Crippen LogP contribution in [0.3, 0.4) is 0 Å². The zero-order valence-corrected chi connectivity index (χ0v) is 17.0. The van der Waals surface area contributed by atoms with Gasteiger partial charge in [0, 0.05) is 18.7 Å². The number of anilines is 2. The van der Waals surface area contributed by atoms with Crippen LogP contribution < -0.4 is 15.4 Å². The number of carbonyl (C=O) groups is 2. The molecule has 31 heavy (non-hydrogen) atoms. The van der Waals surface area contributed by atoms with E-state index >= 15 is 0 Å². The first-order chi connectivity index (χ1) is 14.6. The van der Waals surface area contributed by atoms with Crippen LogP contribution in [0.2, 0.25) is 0 Å². The zero-order chi connectivity index (χ0) is 22.8. The Hall–Kier alpha value is -3.79. The first-order valence-corrected chi connectivity index (χ1v) is 10.3. The second-order valence-electron chi connectivity index (χ2n) is 6.47. The lowest BCUT2D eigenvalue weighted by Gasteiger charge is -2.19. The summed E-state index contributed by atoms with van der Waals surface area (Å²) in [4.78, 5) is 23.6. The molecule has 0 saturated carbocycles. The standard InChI is InChI=1S/C21H17F2N3O4S/c1-26(14-7-3-2-4-8-14)31(29,30)15-9-5-6-13(10-15)21(28)25-19-11-16(20(24)27)17(22)12-18(19)23/h2-12H,1H3,(H2,24,27)(H,25,28). The van der Waals surface area contributed by atoms with Gasteiger partial charge in [-0.15, -0.1) is 0 Å². The highest BCUT2D eigenvalue weighted by molar-refractivity contribution is 7.92. The third-order valence-corrected chi connectivity index (χ3v) is 6.23. The van der Waals surface area contributed by atoms with Crippen LogP contribution in [0, 0.1) is 11.6 Å². The number of amides is 2. The van der Waals surface area contributed by atoms with Crippen LogP contribution in [0.1, 0.15) is 20.7 Å². The second kappa shape index (κ2) is 8.52. The molecule has 10 heteroatoms. The van der Waals surface area contributed by atoms with Crippen molar-refractivity contribution in [3.63, 3.8) is 0 Å². The lowest BCUT2D eigenvalue weighted by atomic mass is 10.1. The van der Waals surface area contributed by atoms with Crippen LogP contribution in [0.25, 0.3) is 0 Å². The molecule has 0 aromatic heterocycles. The van der Waals surface area contributed by atoms with E-state index in [0.29, 0.717) is 11.8 Å². The Morgan fingerprint density at radius 3 is 2.26 bits per heavy atom. The van der Waals surface area contributed by atoms with Crippen molar-refractivity contribution in [2.75, 3.05) is 16.7 Å². The van der Waals surface area contributed by atoms with Crippen LogP contribution >= 0.6 is 0 Å². The van der Waals surface area contributed by atoms with Crippen molar-refractivity contribution in [2.24, 2.45) is 5.73 Å². The van der Waals surface area contributed by atoms with Gasteiger partial charge in [0.25, 0.3) is 21.8 Å². The average molecular weight is 445 g/mol. The fraction of sp³-hybridized carbons (Fsp3) is 0.0476. The summed E-state index contributed by atoms with van der Waals surface area (Å²) in [6.07, 6.45) is 0. The van der Waals surface area contributed by atoms with E-state index in [9.17, 15) is 26.8 Å². The molecule has 0 aliphatic heterocycles. The lowest BCUT2D eigenvalue weighted by molar-refractivity contribution is 0.0992. The number of carbonyl (C=O) groups excluding carboxylic acids is 2. The van der Waals surface area contributed by atoms with Crippen LogP contribution in [-0.2, 0) is 10.0 Å². The van der Waals surface area contributed by atoms with Gasteiger partial charge in [0.05, 0.1) is 21.8 Å². The van der Waals surface area contributed by atoms with E-state index in [1.54, 1.807) is 30.3 Å². The SMILES string of the molecule is CN(c1ccccc1)S(=O)(=O)c1cccc(C(=O)Nc2cc(C(N)=O)c(F)cc2F)c1. The van der Waals surface area contributed by atoms with Gasteiger partial charge in [-0.2, -0.15) is 0 Å². The molecule has 0 unspecified atom stereocenters. The molecule has 160 valence electrons. The number of halogens is 2. The number of hydrogen-bond donors (Lipinski definition) is 2. The highest BCUT2D eigenvalue weighted by atomic mass is 32.2. The summed E-state index contributed by atoms with van der Waals surface area (Å²) in [5.74, 6) is -4.28. The van der Waals surface area contributed by atoms with Crippen molar-refractivity contribution in [3.05, 3.63) is 89.5 Å². The van der Waals surface area contributed by atoms with Crippen molar-refractivity contribution < 1.29 is 26.8 Å². The van der Waals surface area contributed by atoms with Crippen LogP contribution in [0.5, 0.6) is 0 Å². The highest BCUT2D eigenvalue weighted by Gasteiger charge is 2.23. The molecule has 0 aliphatic carbocycles. The predicted molar refractivity (Wildman–Crippen MR) is 111 cm³/mol. The molecule has 0 fully saturated rings. The van der Waals surface area contributed by atoms with E-state index in [1.165, 1.54) is 25.2 Å². The van der Waals surface area contributed by atoms with E-state index in [1.807, 2.05) is 0 Å². The summed E-state index contributed by atoms with van der Waals surface area (Å²) in [6.45, 7) is 0. The van der Waals surface area contributed by atoms with Crippen molar-refractivity contribution in [1.29, 1.82) is 0 Å². The number of benzene rings is 3. The number of nitrogens with two attached hydrogens (primary N) is 1. The third-order valence-electron chi connectivity index (χ3n) is 4.44. The summed E-state index contributed by atoms with van der Waals surface area (Å²) in [6, 6.07) is 14.7. The Balaban J connectivity index is 1.91. The van der Waals surface area contributed by atoms with Gasteiger partial charge in [0.15, 0.2) is 0 Å². The second-order valence-corrected chi connectivity index (χ2v) is 8.44. The minimum atomic E-state index is -3.98. The van der Waals surface area contributed by atoms with Gasteiger partial charge in [0.1, 0.15) is 11.6 Å². The van der Waals surface area contributed by atoms with Crippen molar-refractivity contribution >= 4 is 33.2 Å². The van der Waals surface area contributed by atoms with Gasteiger partial charge in [-0.1, -0.05) is 24.3 Å². The summed E-state index contributed by atoms with van der Waals surface area (Å²) in [5.41, 5.74) is 4.29. The quantitative estimate of drug-likeness (QED) is 0.607. The summed E-state index contributed by atoms with van der Waals surface area (Å²) < 4.78 is 54.5. The maximum absolute atomic E-state index is 14.0. The van der Waals surface area contributed by atoms with E-state index in [4.69, 9.17) is 5.73 Å². The third kappa shape index (κ3) is 4.53.